The molecule has 5 heteroatoms. The summed E-state index contributed by atoms with van der Waals surface area (Å²) in [5, 5.41) is 18.3. The zero-order valence-electron chi connectivity index (χ0n) is 12.3. The minimum Gasteiger partial charge on any atom is -0.480 e. The number of nitriles is 1. The number of aliphatic carboxylic acids is 1. The summed E-state index contributed by atoms with van der Waals surface area (Å²) < 4.78 is 5.31. The number of carbonyl (C=O) groups excluding carboxylic acids is 1. The molecule has 2 unspecified atom stereocenters. The van der Waals surface area contributed by atoms with Gasteiger partial charge in [-0.3, -0.25) is 9.59 Å². The molecule has 2 aromatic carbocycles. The number of hydrogen-bond acceptors (Lipinski definition) is 4. The monoisotopic (exact) mass is 309 g/mol. The van der Waals surface area contributed by atoms with Gasteiger partial charge in [0.15, 0.2) is 5.92 Å². The average Bonchev–Trinajstić information content (AvgIpc) is 2.56. The number of rotatable bonds is 6. The first-order chi connectivity index (χ1) is 11.1. The van der Waals surface area contributed by atoms with E-state index in [9.17, 15) is 14.7 Å². The van der Waals surface area contributed by atoms with Gasteiger partial charge in [-0.1, -0.05) is 60.7 Å². The molecule has 0 saturated heterocycles. The van der Waals surface area contributed by atoms with Gasteiger partial charge in [-0.15, -0.1) is 0 Å². The summed E-state index contributed by atoms with van der Waals surface area (Å²) >= 11 is 0. The lowest BCUT2D eigenvalue weighted by Crippen LogP contribution is -2.25. The van der Waals surface area contributed by atoms with Crippen LogP contribution in [0.3, 0.4) is 0 Å². The standard InChI is InChI=1S/C18H15NO4/c19-12-11-15(13-7-3-1-4-8-13)23-18(22)16(17(20)21)14-9-5-2-6-10-14/h1-10,15-16H,11H2,(H,20,21). The van der Waals surface area contributed by atoms with Crippen molar-refractivity contribution in [3.05, 3.63) is 71.8 Å². The van der Waals surface area contributed by atoms with Gasteiger partial charge in [-0.25, -0.2) is 0 Å². The van der Waals surface area contributed by atoms with Crippen LogP contribution in [-0.2, 0) is 14.3 Å². The molecule has 0 heterocycles. The highest BCUT2D eigenvalue weighted by Crippen LogP contribution is 2.25. The van der Waals surface area contributed by atoms with Gasteiger partial charge in [0.1, 0.15) is 6.10 Å². The van der Waals surface area contributed by atoms with Crippen molar-refractivity contribution in [3.63, 3.8) is 0 Å². The molecular formula is C18H15NO4. The second-order valence-electron chi connectivity index (χ2n) is 4.88. The van der Waals surface area contributed by atoms with E-state index in [1.807, 2.05) is 6.07 Å². The minimum atomic E-state index is -1.42. The molecule has 1 N–H and O–H groups in total. The van der Waals surface area contributed by atoms with Crippen LogP contribution in [0.1, 0.15) is 29.6 Å². The number of nitrogens with zero attached hydrogens (tertiary/aromatic N) is 1. The SMILES string of the molecule is N#CCC(OC(=O)C(C(=O)O)c1ccccc1)c1ccccc1. The van der Waals surface area contributed by atoms with Crippen LogP contribution < -0.4 is 0 Å². The van der Waals surface area contributed by atoms with Gasteiger partial charge in [0.25, 0.3) is 0 Å². The molecular weight excluding hydrogens is 294 g/mol. The fourth-order valence-electron chi connectivity index (χ4n) is 2.21. The fraction of sp³-hybridized carbons (Fsp3) is 0.167. The van der Waals surface area contributed by atoms with Crippen LogP contribution in [0.25, 0.3) is 0 Å². The van der Waals surface area contributed by atoms with Crippen molar-refractivity contribution in [3.8, 4) is 6.07 Å². The number of carboxylic acid groups (broad SMARTS) is 1. The summed E-state index contributed by atoms with van der Waals surface area (Å²) in [6.07, 6.45) is -0.837. The van der Waals surface area contributed by atoms with Gasteiger partial charge in [0, 0.05) is 0 Å². The van der Waals surface area contributed by atoms with Gasteiger partial charge in [-0.2, -0.15) is 5.26 Å². The number of esters is 1. The predicted molar refractivity (Wildman–Crippen MR) is 82.3 cm³/mol. The largest absolute Gasteiger partial charge is 0.480 e. The van der Waals surface area contributed by atoms with Crippen LogP contribution in [0, 0.1) is 11.3 Å². The third-order valence-corrected chi connectivity index (χ3v) is 3.32. The van der Waals surface area contributed by atoms with E-state index in [-0.39, 0.29) is 6.42 Å². The quantitative estimate of drug-likeness (QED) is 0.654. The molecule has 0 fully saturated rings. The Morgan fingerprint density at radius 3 is 2.00 bits per heavy atom. The molecule has 0 spiro atoms. The molecule has 0 saturated carbocycles. The summed E-state index contributed by atoms with van der Waals surface area (Å²) in [4.78, 5) is 23.8. The molecule has 0 amide bonds. The van der Waals surface area contributed by atoms with Gasteiger partial charge in [-0.05, 0) is 11.1 Å². The zero-order valence-corrected chi connectivity index (χ0v) is 12.3. The van der Waals surface area contributed by atoms with Crippen molar-refractivity contribution in [2.75, 3.05) is 0 Å². The van der Waals surface area contributed by atoms with E-state index in [0.29, 0.717) is 11.1 Å². The van der Waals surface area contributed by atoms with Gasteiger partial charge >= 0.3 is 11.9 Å². The Morgan fingerprint density at radius 2 is 1.52 bits per heavy atom. The van der Waals surface area contributed by atoms with Crippen molar-refractivity contribution < 1.29 is 19.4 Å². The number of hydrogen-bond donors (Lipinski definition) is 1. The van der Waals surface area contributed by atoms with Gasteiger partial charge < -0.3 is 9.84 Å². The molecule has 0 aliphatic rings. The van der Waals surface area contributed by atoms with E-state index in [1.165, 1.54) is 0 Å². The van der Waals surface area contributed by atoms with Crippen LogP contribution in [0.15, 0.2) is 60.7 Å². The topological polar surface area (TPSA) is 87.4 Å². The molecule has 0 radical (unpaired) electrons. The molecule has 0 bridgehead atoms. The van der Waals surface area contributed by atoms with Crippen molar-refractivity contribution in [2.45, 2.75) is 18.4 Å². The first-order valence-electron chi connectivity index (χ1n) is 7.03. The molecule has 0 aromatic heterocycles. The van der Waals surface area contributed by atoms with Crippen LogP contribution in [0.5, 0.6) is 0 Å². The van der Waals surface area contributed by atoms with Crippen LogP contribution in [0.4, 0.5) is 0 Å². The Hall–Kier alpha value is -3.13. The van der Waals surface area contributed by atoms with E-state index in [4.69, 9.17) is 10.00 Å². The Kier molecular flexibility index (Phi) is 5.48. The van der Waals surface area contributed by atoms with Crippen LogP contribution in [0.2, 0.25) is 0 Å². The maximum Gasteiger partial charge on any atom is 0.325 e. The third-order valence-electron chi connectivity index (χ3n) is 3.32. The summed E-state index contributed by atoms with van der Waals surface area (Å²) in [6.45, 7) is 0. The molecule has 0 aliphatic heterocycles. The van der Waals surface area contributed by atoms with E-state index < -0.39 is 24.0 Å². The van der Waals surface area contributed by atoms with E-state index in [0.717, 1.165) is 0 Å². The molecule has 2 aromatic rings. The highest BCUT2D eigenvalue weighted by atomic mass is 16.5. The molecule has 116 valence electrons. The fourth-order valence-corrected chi connectivity index (χ4v) is 2.21. The Bertz CT molecular complexity index is 707. The Labute approximate surface area is 133 Å². The van der Waals surface area contributed by atoms with E-state index in [1.54, 1.807) is 60.7 Å². The van der Waals surface area contributed by atoms with Gasteiger partial charge in [0.2, 0.25) is 0 Å². The third kappa shape index (κ3) is 4.17. The first kappa shape index (κ1) is 16.2. The van der Waals surface area contributed by atoms with Crippen LogP contribution >= 0.6 is 0 Å². The number of carboxylic acids is 1. The zero-order chi connectivity index (χ0) is 16.7. The summed E-state index contributed by atoms with van der Waals surface area (Å²) in [5.41, 5.74) is 0.994. The summed E-state index contributed by atoms with van der Waals surface area (Å²) in [6, 6.07) is 18.9. The second-order valence-corrected chi connectivity index (χ2v) is 4.88. The van der Waals surface area contributed by atoms with Crippen molar-refractivity contribution in [2.24, 2.45) is 0 Å². The maximum absolute atomic E-state index is 12.3. The summed E-state index contributed by atoms with van der Waals surface area (Å²) in [5.74, 6) is -3.58. The molecule has 23 heavy (non-hydrogen) atoms. The molecule has 2 atom stereocenters. The highest BCUT2D eigenvalue weighted by Gasteiger charge is 2.32. The predicted octanol–water partition coefficient (Wildman–Crippen LogP) is 3.05. The second kappa shape index (κ2) is 7.76. The molecule has 2 rings (SSSR count). The maximum atomic E-state index is 12.3. The Balaban J connectivity index is 2.23. The van der Waals surface area contributed by atoms with Crippen molar-refractivity contribution in [1.82, 2.24) is 0 Å². The van der Waals surface area contributed by atoms with Crippen molar-refractivity contribution >= 4 is 11.9 Å². The summed E-state index contributed by atoms with van der Waals surface area (Å²) in [7, 11) is 0. The normalized spacial score (nSPS) is 12.7. The Morgan fingerprint density at radius 1 is 1.00 bits per heavy atom. The van der Waals surface area contributed by atoms with Crippen LogP contribution in [-0.4, -0.2) is 17.0 Å². The van der Waals surface area contributed by atoms with Gasteiger partial charge in [0.05, 0.1) is 12.5 Å². The number of carbonyl (C=O) groups is 2. The van der Waals surface area contributed by atoms with E-state index in [2.05, 4.69) is 0 Å². The molecule has 0 aliphatic carbocycles. The lowest BCUT2D eigenvalue weighted by Gasteiger charge is -2.19. The van der Waals surface area contributed by atoms with E-state index >= 15 is 0 Å². The minimum absolute atomic E-state index is 0.0448. The molecule has 5 nitrogen and oxygen atoms in total. The average molecular weight is 309 g/mol. The lowest BCUT2D eigenvalue weighted by molar-refractivity contribution is -0.158. The first-order valence-corrected chi connectivity index (χ1v) is 7.03. The number of benzene rings is 2. The smallest absolute Gasteiger partial charge is 0.325 e. The highest BCUT2D eigenvalue weighted by molar-refractivity contribution is 6.00. The lowest BCUT2D eigenvalue weighted by atomic mass is 9.99. The van der Waals surface area contributed by atoms with Crippen molar-refractivity contribution in [1.29, 1.82) is 5.26 Å². The number of ether oxygens (including phenoxy) is 1.